The molecule has 2 saturated heterocycles. The Morgan fingerprint density at radius 3 is 2.82 bits per heavy atom. The van der Waals surface area contributed by atoms with Gasteiger partial charge < -0.3 is 20.4 Å². The molecule has 0 spiro atoms. The highest BCUT2D eigenvalue weighted by atomic mass is 19.2. The summed E-state index contributed by atoms with van der Waals surface area (Å²) in [7, 11) is 3.89. The largest absolute Gasteiger partial charge is 0.351 e. The third-order valence-electron chi connectivity index (χ3n) is 5.58. The number of nitrogens with one attached hydrogen (secondary N) is 2. The van der Waals surface area contributed by atoms with Crippen molar-refractivity contribution in [3.8, 4) is 0 Å². The van der Waals surface area contributed by atoms with Crippen molar-refractivity contribution in [3.05, 3.63) is 35.4 Å². The maximum Gasteiger partial charge on any atom is 0.225 e. The van der Waals surface area contributed by atoms with Gasteiger partial charge in [-0.15, -0.1) is 0 Å². The summed E-state index contributed by atoms with van der Waals surface area (Å²) in [5, 5.41) is 6.28. The van der Waals surface area contributed by atoms with Gasteiger partial charge in [0.05, 0.1) is 5.92 Å². The normalized spacial score (nSPS) is 25.4. The quantitative estimate of drug-likeness (QED) is 0.754. The van der Waals surface area contributed by atoms with Crippen molar-refractivity contribution in [1.29, 1.82) is 0 Å². The van der Waals surface area contributed by atoms with E-state index in [0.29, 0.717) is 31.6 Å². The number of benzene rings is 1. The van der Waals surface area contributed by atoms with Gasteiger partial charge >= 0.3 is 0 Å². The first-order valence-corrected chi connectivity index (χ1v) is 9.73. The molecule has 6 nitrogen and oxygen atoms in total. The molecule has 28 heavy (non-hydrogen) atoms. The summed E-state index contributed by atoms with van der Waals surface area (Å²) in [6.45, 7) is 3.09. The first-order chi connectivity index (χ1) is 13.3. The minimum absolute atomic E-state index is 0.000856. The van der Waals surface area contributed by atoms with Crippen LogP contribution in [0.3, 0.4) is 0 Å². The van der Waals surface area contributed by atoms with Crippen molar-refractivity contribution in [2.24, 2.45) is 5.92 Å². The average molecular weight is 394 g/mol. The molecule has 2 aliphatic heterocycles. The maximum absolute atomic E-state index is 13.7. The topological polar surface area (TPSA) is 64.7 Å². The van der Waals surface area contributed by atoms with Crippen molar-refractivity contribution in [2.75, 3.05) is 46.8 Å². The van der Waals surface area contributed by atoms with Gasteiger partial charge in [0.15, 0.2) is 11.6 Å². The van der Waals surface area contributed by atoms with Crippen LogP contribution in [0.15, 0.2) is 18.2 Å². The summed E-state index contributed by atoms with van der Waals surface area (Å²) in [5.74, 6) is -2.37. The van der Waals surface area contributed by atoms with Crippen LogP contribution in [0.25, 0.3) is 0 Å². The number of piperidine rings is 1. The summed E-state index contributed by atoms with van der Waals surface area (Å²) in [5.41, 5.74) is 0.681. The molecule has 0 bridgehead atoms. The highest BCUT2D eigenvalue weighted by Crippen LogP contribution is 2.28. The van der Waals surface area contributed by atoms with Crippen molar-refractivity contribution >= 4 is 11.8 Å². The van der Waals surface area contributed by atoms with Gasteiger partial charge in [-0.2, -0.15) is 0 Å². The molecular weight excluding hydrogens is 366 g/mol. The number of amides is 2. The van der Waals surface area contributed by atoms with Crippen LogP contribution in [0.2, 0.25) is 0 Å². The molecule has 1 aromatic carbocycles. The second kappa shape index (κ2) is 8.96. The first kappa shape index (κ1) is 20.7. The van der Waals surface area contributed by atoms with E-state index < -0.39 is 11.6 Å². The van der Waals surface area contributed by atoms with E-state index in [9.17, 15) is 18.4 Å². The predicted molar refractivity (Wildman–Crippen MR) is 102 cm³/mol. The highest BCUT2D eigenvalue weighted by molar-refractivity contribution is 5.89. The Morgan fingerprint density at radius 2 is 2.11 bits per heavy atom. The Bertz CT molecular complexity index is 728. The number of halogens is 2. The van der Waals surface area contributed by atoms with Crippen LogP contribution in [0, 0.1) is 17.6 Å². The Balaban J connectivity index is 1.63. The summed E-state index contributed by atoms with van der Waals surface area (Å²) in [6, 6.07) is 3.70. The van der Waals surface area contributed by atoms with E-state index in [0.717, 1.165) is 19.2 Å². The fourth-order valence-electron chi connectivity index (χ4n) is 3.94. The van der Waals surface area contributed by atoms with Gasteiger partial charge in [-0.05, 0) is 44.8 Å². The van der Waals surface area contributed by atoms with E-state index in [1.807, 2.05) is 19.0 Å². The number of hydrogen-bond donors (Lipinski definition) is 2. The van der Waals surface area contributed by atoms with Gasteiger partial charge in [0, 0.05) is 44.6 Å². The van der Waals surface area contributed by atoms with Gasteiger partial charge in [0.1, 0.15) is 0 Å². The number of rotatable bonds is 6. The second-order valence-corrected chi connectivity index (χ2v) is 7.93. The number of carbonyl (C=O) groups excluding carboxylic acids is 2. The summed E-state index contributed by atoms with van der Waals surface area (Å²) in [6.07, 6.45) is 0.934. The molecule has 2 fully saturated rings. The zero-order chi connectivity index (χ0) is 20.3. The number of carbonyl (C=O) groups is 2. The van der Waals surface area contributed by atoms with E-state index in [1.54, 1.807) is 11.0 Å². The fraction of sp³-hybridized carbons (Fsp3) is 0.600. The van der Waals surface area contributed by atoms with Crippen LogP contribution in [0.4, 0.5) is 8.78 Å². The lowest BCUT2D eigenvalue weighted by molar-refractivity contribution is -0.129. The van der Waals surface area contributed by atoms with Gasteiger partial charge in [0.25, 0.3) is 0 Å². The van der Waals surface area contributed by atoms with Crippen LogP contribution >= 0.6 is 0 Å². The van der Waals surface area contributed by atoms with Crippen LogP contribution in [-0.2, 0) is 9.59 Å². The van der Waals surface area contributed by atoms with E-state index in [1.165, 1.54) is 6.07 Å². The Kier molecular flexibility index (Phi) is 6.61. The van der Waals surface area contributed by atoms with E-state index in [4.69, 9.17) is 0 Å². The standard InChI is InChI=1S/C20H28F2N4O2/c1-25(2)7-8-26-12-14(10-19(26)27)20(28)24-18-11-23-6-5-15(18)13-3-4-16(21)17(22)9-13/h3-4,9,14-15,18,23H,5-8,10-12H2,1-2H3,(H,24,28). The molecule has 2 N–H and O–H groups in total. The minimum atomic E-state index is -0.876. The highest BCUT2D eigenvalue weighted by Gasteiger charge is 2.36. The molecule has 0 aliphatic carbocycles. The average Bonchev–Trinajstić information content (AvgIpc) is 3.04. The number of likely N-dealkylation sites (tertiary alicyclic amines) is 1. The summed E-state index contributed by atoms with van der Waals surface area (Å²) in [4.78, 5) is 28.7. The Morgan fingerprint density at radius 1 is 1.32 bits per heavy atom. The fourth-order valence-corrected chi connectivity index (χ4v) is 3.94. The molecule has 3 unspecified atom stereocenters. The molecule has 154 valence electrons. The third kappa shape index (κ3) is 4.86. The van der Waals surface area contributed by atoms with E-state index >= 15 is 0 Å². The van der Waals surface area contributed by atoms with E-state index in [2.05, 4.69) is 10.6 Å². The lowest BCUT2D eigenvalue weighted by Crippen LogP contribution is -2.51. The molecule has 1 aromatic rings. The molecular formula is C20H28F2N4O2. The Hall–Kier alpha value is -2.06. The molecule has 8 heteroatoms. The van der Waals surface area contributed by atoms with Gasteiger partial charge in [-0.3, -0.25) is 9.59 Å². The minimum Gasteiger partial charge on any atom is -0.351 e. The Labute approximate surface area is 164 Å². The van der Waals surface area contributed by atoms with Crippen molar-refractivity contribution in [2.45, 2.75) is 24.8 Å². The molecule has 2 heterocycles. The van der Waals surface area contributed by atoms with Gasteiger partial charge in [0.2, 0.25) is 11.8 Å². The zero-order valence-corrected chi connectivity index (χ0v) is 16.4. The number of likely N-dealkylation sites (N-methyl/N-ethyl adjacent to an activating group) is 1. The summed E-state index contributed by atoms with van der Waals surface area (Å²) >= 11 is 0. The molecule has 0 aromatic heterocycles. The van der Waals surface area contributed by atoms with Crippen LogP contribution < -0.4 is 10.6 Å². The molecule has 0 saturated carbocycles. The zero-order valence-electron chi connectivity index (χ0n) is 16.4. The van der Waals surface area contributed by atoms with Crippen LogP contribution in [0.1, 0.15) is 24.3 Å². The lowest BCUT2D eigenvalue weighted by Gasteiger charge is -2.34. The van der Waals surface area contributed by atoms with Crippen molar-refractivity contribution in [1.82, 2.24) is 20.4 Å². The molecule has 2 aliphatic rings. The SMILES string of the molecule is CN(C)CCN1CC(C(=O)NC2CNCCC2c2ccc(F)c(F)c2)CC1=O. The lowest BCUT2D eigenvalue weighted by atomic mass is 9.85. The van der Waals surface area contributed by atoms with E-state index in [-0.39, 0.29) is 36.1 Å². The van der Waals surface area contributed by atoms with Crippen LogP contribution in [-0.4, -0.2) is 74.5 Å². The van der Waals surface area contributed by atoms with Crippen LogP contribution in [0.5, 0.6) is 0 Å². The number of nitrogens with zero attached hydrogens (tertiary/aromatic N) is 2. The van der Waals surface area contributed by atoms with Crippen molar-refractivity contribution in [3.63, 3.8) is 0 Å². The van der Waals surface area contributed by atoms with Gasteiger partial charge in [-0.25, -0.2) is 8.78 Å². The van der Waals surface area contributed by atoms with Gasteiger partial charge in [-0.1, -0.05) is 6.07 Å². The predicted octanol–water partition coefficient (Wildman–Crippen LogP) is 0.937. The first-order valence-electron chi connectivity index (χ1n) is 9.73. The third-order valence-corrected chi connectivity index (χ3v) is 5.58. The number of hydrogen-bond acceptors (Lipinski definition) is 4. The molecule has 3 atom stereocenters. The van der Waals surface area contributed by atoms with Crippen molar-refractivity contribution < 1.29 is 18.4 Å². The summed E-state index contributed by atoms with van der Waals surface area (Å²) < 4.78 is 26.9. The maximum atomic E-state index is 13.7. The molecule has 2 amide bonds. The monoisotopic (exact) mass is 394 g/mol. The second-order valence-electron chi connectivity index (χ2n) is 7.93. The molecule has 0 radical (unpaired) electrons. The smallest absolute Gasteiger partial charge is 0.225 e. The molecule has 3 rings (SSSR count).